The third-order valence-corrected chi connectivity index (χ3v) is 35.7. The molecule has 0 saturated carbocycles. The molecule has 0 amide bonds. The van der Waals surface area contributed by atoms with Crippen LogP contribution in [0.25, 0.3) is 184 Å². The van der Waals surface area contributed by atoms with Gasteiger partial charge in [-0.2, -0.15) is 0 Å². The van der Waals surface area contributed by atoms with Gasteiger partial charge >= 0.3 is 0 Å². The first-order valence-electron chi connectivity index (χ1n) is 42.3. The molecule has 0 bridgehead atoms. The fourth-order valence-corrected chi connectivity index (χ4v) is 30.5. The lowest BCUT2D eigenvalue weighted by Gasteiger charge is -2.35. The normalized spacial score (nSPS) is 12.5. The Morgan fingerprint density at radius 2 is 0.496 bits per heavy atom. The molecule has 11 aromatic heterocycles. The van der Waals surface area contributed by atoms with E-state index in [4.69, 9.17) is 33.8 Å². The van der Waals surface area contributed by atoms with Crippen molar-refractivity contribution in [1.29, 1.82) is 0 Å². The molecule has 0 radical (unpaired) electrons. The first-order valence-corrected chi connectivity index (χ1v) is 46.3. The summed E-state index contributed by atoms with van der Waals surface area (Å²) in [6.07, 6.45) is 0. The second kappa shape index (κ2) is 26.5. The molecule has 11 heterocycles. The molecule has 125 heavy (non-hydrogen) atoms. The van der Waals surface area contributed by atoms with Crippen molar-refractivity contribution in [3.05, 3.63) is 413 Å². The smallest absolute Gasteiger partial charge is 0.221 e. The Hall–Kier alpha value is -16.5. The van der Waals surface area contributed by atoms with Gasteiger partial charge in [-0.05, 0) is 192 Å². The lowest BCUT2D eigenvalue weighted by molar-refractivity contribution is 0.668. The Morgan fingerprint density at radius 1 is 0.176 bits per heavy atom. The second-order valence-electron chi connectivity index (χ2n) is 32.7. The zero-order valence-corrected chi connectivity index (χ0v) is 68.9. The molecule has 16 heteroatoms. The lowest BCUT2D eigenvalue weighted by atomic mass is 10.0. The number of para-hydroxylation sites is 13. The van der Waals surface area contributed by atoms with Crippen molar-refractivity contribution in [2.75, 3.05) is 0 Å². The molecule has 0 aliphatic rings. The molecule has 0 fully saturated rings. The molecule has 0 aliphatic carbocycles. The number of nitrogens with zero attached hydrogens (tertiary/aromatic N) is 12. The summed E-state index contributed by atoms with van der Waals surface area (Å²) in [6.45, 7) is 0. The number of aromatic nitrogens is 12. The number of pyridine rings is 2. The molecule has 14 nitrogen and oxygen atoms in total. The van der Waals surface area contributed by atoms with Gasteiger partial charge in [-0.3, -0.25) is 31.5 Å². The number of imidazole rings is 6. The van der Waals surface area contributed by atoms with Gasteiger partial charge in [0.15, 0.2) is 16.1 Å². The van der Waals surface area contributed by atoms with Crippen molar-refractivity contribution in [2.24, 2.45) is 0 Å². The number of benzene rings is 16. The van der Waals surface area contributed by atoms with E-state index in [9.17, 15) is 0 Å². The van der Waals surface area contributed by atoms with Gasteiger partial charge < -0.3 is 8.83 Å². The largest absolute Gasteiger partial charge is 0.456 e. The van der Waals surface area contributed by atoms with E-state index >= 15 is 0 Å². The minimum Gasteiger partial charge on any atom is -0.456 e. The van der Waals surface area contributed by atoms with Gasteiger partial charge in [0.25, 0.3) is 0 Å². The van der Waals surface area contributed by atoms with Crippen LogP contribution in [0.1, 0.15) is 0 Å². The highest BCUT2D eigenvalue weighted by Gasteiger charge is 2.45. The van der Waals surface area contributed by atoms with Gasteiger partial charge in [0.1, 0.15) is 45.6 Å². The molecule has 0 unspecified atom stereocenters. The third-order valence-electron chi connectivity index (χ3n) is 26.2. The third kappa shape index (κ3) is 9.90. The average molecular weight is 1630 g/mol. The molecular formula is C109H68N12O2Si2. The first-order chi connectivity index (χ1) is 62.0. The van der Waals surface area contributed by atoms with Crippen molar-refractivity contribution < 1.29 is 8.83 Å². The summed E-state index contributed by atoms with van der Waals surface area (Å²) in [5, 5.41) is 16.0. The Labute approximate surface area is 714 Å². The van der Waals surface area contributed by atoms with E-state index in [2.05, 4.69) is 432 Å². The SMILES string of the molecule is c1ccc([Si](c2ccccc2)(c2cc(-n3c4ccccc4c4cc(-c5ccc6nc7n(-c8cc([Si](c9ccccc9)(c9ccccc9)c9ccc%10oc%11ccccc%11c%10c9)cc(-n9c%10ccccc%10n%10c%11ccccc%11nc9%10)n8)c8ccccc8n7c6c5)ccc43)nc(-n3c4ccccc4n4c5ccccc5nc34)c2)c2ccc3oc4ccccc4c3c2)cc1. The van der Waals surface area contributed by atoms with Crippen molar-refractivity contribution in [3.8, 4) is 34.4 Å². The van der Waals surface area contributed by atoms with E-state index < -0.39 is 16.1 Å². The highest BCUT2D eigenvalue weighted by molar-refractivity contribution is 7.20. The number of fused-ring (bicyclic) bond motifs is 24. The molecule has 0 saturated heterocycles. The highest BCUT2D eigenvalue weighted by atomic mass is 28.3. The van der Waals surface area contributed by atoms with Crippen molar-refractivity contribution in [1.82, 2.24) is 56.4 Å². The summed E-state index contributed by atoms with van der Waals surface area (Å²) >= 11 is 0. The minimum atomic E-state index is -3.47. The van der Waals surface area contributed by atoms with Crippen LogP contribution in [0.15, 0.2) is 421 Å². The summed E-state index contributed by atoms with van der Waals surface area (Å²) in [5.74, 6) is 5.22. The number of hydrogen-bond donors (Lipinski definition) is 0. The molecule has 0 atom stereocenters. The number of furan rings is 2. The zero-order chi connectivity index (χ0) is 81.7. The van der Waals surface area contributed by atoms with Crippen molar-refractivity contribution >= 4 is 207 Å². The van der Waals surface area contributed by atoms with Gasteiger partial charge in [-0.25, -0.2) is 24.9 Å². The second-order valence-corrected chi connectivity index (χ2v) is 40.3. The van der Waals surface area contributed by atoms with Crippen LogP contribution in [0, 0.1) is 0 Å². The zero-order valence-electron chi connectivity index (χ0n) is 66.9. The summed E-state index contributed by atoms with van der Waals surface area (Å²) < 4.78 is 29.4. The maximum atomic E-state index is 6.64. The lowest BCUT2D eigenvalue weighted by Crippen LogP contribution is -2.74. The van der Waals surface area contributed by atoms with Gasteiger partial charge in [-0.1, -0.05) is 273 Å². The maximum absolute atomic E-state index is 6.64. The summed E-state index contributed by atoms with van der Waals surface area (Å²) in [4.78, 5) is 28.8. The van der Waals surface area contributed by atoms with E-state index in [-0.39, 0.29) is 0 Å². The summed E-state index contributed by atoms with van der Waals surface area (Å²) in [6, 6.07) is 150. The fourth-order valence-electron chi connectivity index (χ4n) is 20.9. The topological polar surface area (TPSA) is 124 Å². The molecule has 27 rings (SSSR count). The highest BCUT2D eigenvalue weighted by Crippen LogP contribution is 2.41. The molecule has 16 aromatic carbocycles. The van der Waals surface area contributed by atoms with E-state index in [1.54, 1.807) is 0 Å². The molecule has 0 aliphatic heterocycles. The van der Waals surface area contributed by atoms with E-state index in [1.165, 1.54) is 31.1 Å². The van der Waals surface area contributed by atoms with Crippen LogP contribution in [0.5, 0.6) is 0 Å². The van der Waals surface area contributed by atoms with E-state index in [0.29, 0.717) is 5.82 Å². The van der Waals surface area contributed by atoms with Crippen LogP contribution < -0.4 is 41.5 Å². The van der Waals surface area contributed by atoms with Gasteiger partial charge in [0, 0.05) is 32.3 Å². The first kappa shape index (κ1) is 69.3. The van der Waals surface area contributed by atoms with Gasteiger partial charge in [0.05, 0.1) is 77.2 Å². The molecule has 0 N–H and O–H groups in total. The van der Waals surface area contributed by atoms with E-state index in [1.807, 2.05) is 12.1 Å². The molecule has 0 spiro atoms. The fraction of sp³-hybridized carbons (Fsp3) is 0. The minimum absolute atomic E-state index is 0.710. The molecular weight excluding hydrogens is 1570 g/mol. The standard InChI is InChI=1S/C109H68N12O2Si2/c1-5-29-71(30-6-1)124(72-31-7-2-8-32-72,75-55-59-101-83(63-75)80-38-14-27-51-99(80)122-101)77-65-103(113-104(66-77)119-95-48-24-21-45-92(95)116-90-43-19-16-40-85(90)110-107(116)119)115-88-42-18-13-37-79(88)82-61-69(54-58-89(82)115)70-53-57-87-98(62-70)118-94-47-23-26-50-97(94)121(109(118)112-87)106-68-78(67-105(114-106)120-96-49-25-22-46-93(96)117-91-44-20-17-41-86(91)111-108(117)120)125(73-33-9-3-10-34-73,74-35-11-4-12-36-74)76-56-60-102-84(64-76)81-39-15-28-52-100(81)123-102/h1-68H. The Kier molecular flexibility index (Phi) is 14.7. The summed E-state index contributed by atoms with van der Waals surface area (Å²) in [5.41, 5.74) is 19.1. The monoisotopic (exact) mass is 1630 g/mol. The van der Waals surface area contributed by atoms with Gasteiger partial charge in [0.2, 0.25) is 17.3 Å². The summed E-state index contributed by atoms with van der Waals surface area (Å²) in [7, 11) is -6.92. The number of hydrogen-bond acceptors (Lipinski definition) is 7. The molecule has 27 aromatic rings. The van der Waals surface area contributed by atoms with Crippen molar-refractivity contribution in [2.45, 2.75) is 0 Å². The quantitative estimate of drug-likeness (QED) is 0.0832. The maximum Gasteiger partial charge on any atom is 0.221 e. The van der Waals surface area contributed by atoms with Crippen LogP contribution in [-0.2, 0) is 0 Å². The number of rotatable bonds is 13. The average Bonchev–Trinajstić information content (AvgIpc) is 1.50. The molecule has 584 valence electrons. The van der Waals surface area contributed by atoms with Crippen LogP contribution in [-0.4, -0.2) is 72.5 Å². The predicted octanol–water partition coefficient (Wildman–Crippen LogP) is 20.0. The Bertz CT molecular complexity index is 9090. The Balaban J connectivity index is 0.682. The van der Waals surface area contributed by atoms with E-state index in [0.717, 1.165) is 188 Å². The van der Waals surface area contributed by atoms with Crippen LogP contribution in [0.3, 0.4) is 0 Å². The van der Waals surface area contributed by atoms with Crippen molar-refractivity contribution in [3.63, 3.8) is 0 Å². The van der Waals surface area contributed by atoms with Crippen LogP contribution in [0.2, 0.25) is 0 Å². The Morgan fingerprint density at radius 3 is 0.936 bits per heavy atom. The van der Waals surface area contributed by atoms with Crippen LogP contribution >= 0.6 is 0 Å². The van der Waals surface area contributed by atoms with Gasteiger partial charge in [-0.15, -0.1) is 0 Å². The predicted molar refractivity (Wildman–Crippen MR) is 513 cm³/mol. The van der Waals surface area contributed by atoms with Crippen LogP contribution in [0.4, 0.5) is 0 Å².